The van der Waals surface area contributed by atoms with Crippen LogP contribution < -0.4 is 0 Å². The number of unbranched alkanes of at least 4 members (excludes halogenated alkanes) is 6. The van der Waals surface area contributed by atoms with Crippen LogP contribution in [0.25, 0.3) is 0 Å². The van der Waals surface area contributed by atoms with Crippen LogP contribution in [0, 0.1) is 0 Å². The van der Waals surface area contributed by atoms with Crippen molar-refractivity contribution in [1.29, 1.82) is 0 Å². The van der Waals surface area contributed by atoms with Gasteiger partial charge in [0, 0.05) is 25.7 Å². The van der Waals surface area contributed by atoms with Crippen LogP contribution in [-0.4, -0.2) is 11.6 Å². The molecule has 0 aromatic rings. The molecule has 0 amide bonds. The first kappa shape index (κ1) is 18.3. The molecule has 0 aliphatic carbocycles. The molecule has 0 unspecified atom stereocenters. The van der Waals surface area contributed by atoms with Gasteiger partial charge in [0.25, 0.3) is 0 Å². The molecule has 0 aliphatic rings. The predicted molar refractivity (Wildman–Crippen MR) is 81.4 cm³/mol. The fourth-order valence-electron chi connectivity index (χ4n) is 2.25. The summed E-state index contributed by atoms with van der Waals surface area (Å²) in [6.45, 7) is 4.18. The number of Topliss-reactive ketones (excluding diaryl/α,β-unsaturated/α-hetero) is 2. The summed E-state index contributed by atoms with van der Waals surface area (Å²) in [7, 11) is 0. The first-order valence-electron chi connectivity index (χ1n) is 8.24. The van der Waals surface area contributed by atoms with E-state index in [-0.39, 0.29) is 0 Å². The molecule has 112 valence electrons. The molecule has 0 aliphatic heterocycles. The number of ketones is 2. The minimum absolute atomic E-state index is 0.420. The van der Waals surface area contributed by atoms with Gasteiger partial charge in [-0.25, -0.2) is 0 Å². The largest absolute Gasteiger partial charge is 0.300 e. The predicted octanol–water partition coefficient (Wildman–Crippen LogP) is 5.24. The number of rotatable bonds is 14. The Balaban J connectivity index is 3.18. The van der Waals surface area contributed by atoms with Gasteiger partial charge in [-0.15, -0.1) is 0 Å². The number of hydrogen-bond donors (Lipinski definition) is 0. The Hall–Kier alpha value is -0.660. The molecule has 0 heterocycles. The standard InChI is InChI=1S/C17H32O2/c1-3-5-13-17(19)15-11-9-7-6-8-10-14-16(18)12-4-2/h3-15H2,1-2H3. The van der Waals surface area contributed by atoms with Crippen molar-refractivity contribution in [2.75, 3.05) is 0 Å². The van der Waals surface area contributed by atoms with Gasteiger partial charge in [-0.1, -0.05) is 46.0 Å². The van der Waals surface area contributed by atoms with Crippen LogP contribution in [0.1, 0.15) is 97.3 Å². The van der Waals surface area contributed by atoms with Gasteiger partial charge in [0.15, 0.2) is 0 Å². The van der Waals surface area contributed by atoms with Crippen LogP contribution in [0.5, 0.6) is 0 Å². The molecule has 0 rings (SSSR count). The molecule has 0 radical (unpaired) electrons. The summed E-state index contributed by atoms with van der Waals surface area (Å²) in [4.78, 5) is 22.7. The van der Waals surface area contributed by atoms with Crippen LogP contribution >= 0.6 is 0 Å². The van der Waals surface area contributed by atoms with E-state index in [1.54, 1.807) is 0 Å². The molecule has 0 N–H and O–H groups in total. The van der Waals surface area contributed by atoms with Gasteiger partial charge in [0.2, 0.25) is 0 Å². The topological polar surface area (TPSA) is 34.1 Å². The number of hydrogen-bond acceptors (Lipinski definition) is 2. The van der Waals surface area contributed by atoms with Gasteiger partial charge < -0.3 is 0 Å². The fraction of sp³-hybridized carbons (Fsp3) is 0.882. The Bertz CT molecular complexity index is 233. The lowest BCUT2D eigenvalue weighted by Gasteiger charge is -2.02. The van der Waals surface area contributed by atoms with Crippen LogP contribution in [-0.2, 0) is 9.59 Å². The zero-order valence-electron chi connectivity index (χ0n) is 13.0. The molecule has 0 fully saturated rings. The average molecular weight is 268 g/mol. The highest BCUT2D eigenvalue weighted by atomic mass is 16.1. The maximum absolute atomic E-state index is 11.4. The molecule has 0 saturated carbocycles. The fourth-order valence-corrected chi connectivity index (χ4v) is 2.25. The lowest BCUT2D eigenvalue weighted by Crippen LogP contribution is -1.97. The van der Waals surface area contributed by atoms with Crippen LogP contribution in [0.2, 0.25) is 0 Å². The second kappa shape index (κ2) is 13.8. The smallest absolute Gasteiger partial charge is 0.132 e. The first-order chi connectivity index (χ1) is 9.20. The summed E-state index contributed by atoms with van der Waals surface area (Å²) in [6, 6.07) is 0. The molecule has 2 nitrogen and oxygen atoms in total. The molecular weight excluding hydrogens is 236 g/mol. The summed E-state index contributed by atoms with van der Waals surface area (Å²) in [6.07, 6.45) is 13.1. The van der Waals surface area contributed by atoms with Crippen molar-refractivity contribution in [1.82, 2.24) is 0 Å². The molecule has 19 heavy (non-hydrogen) atoms. The van der Waals surface area contributed by atoms with Gasteiger partial charge >= 0.3 is 0 Å². The van der Waals surface area contributed by atoms with Gasteiger partial charge in [-0.3, -0.25) is 9.59 Å². The Labute approximate surface area is 119 Å². The Morgan fingerprint density at radius 3 is 1.42 bits per heavy atom. The van der Waals surface area contributed by atoms with Gasteiger partial charge in [-0.2, -0.15) is 0 Å². The summed E-state index contributed by atoms with van der Waals surface area (Å²) in [5, 5.41) is 0. The molecule has 0 bridgehead atoms. The van der Waals surface area contributed by atoms with Crippen LogP contribution in [0.4, 0.5) is 0 Å². The van der Waals surface area contributed by atoms with E-state index in [0.29, 0.717) is 11.6 Å². The lowest BCUT2D eigenvalue weighted by atomic mass is 10.0. The SMILES string of the molecule is CCCCC(=O)CCCCCCCCC(=O)CCC. The quantitative estimate of drug-likeness (QED) is 0.404. The van der Waals surface area contributed by atoms with E-state index in [9.17, 15) is 9.59 Å². The van der Waals surface area contributed by atoms with E-state index >= 15 is 0 Å². The van der Waals surface area contributed by atoms with E-state index in [1.807, 2.05) is 0 Å². The van der Waals surface area contributed by atoms with Gasteiger partial charge in [0.05, 0.1) is 0 Å². The van der Waals surface area contributed by atoms with E-state index in [4.69, 9.17) is 0 Å². The van der Waals surface area contributed by atoms with Crippen molar-refractivity contribution in [3.8, 4) is 0 Å². The van der Waals surface area contributed by atoms with Crippen LogP contribution in [0.3, 0.4) is 0 Å². The molecule has 0 saturated heterocycles. The Morgan fingerprint density at radius 1 is 0.526 bits per heavy atom. The Morgan fingerprint density at radius 2 is 0.947 bits per heavy atom. The summed E-state index contributed by atoms with van der Waals surface area (Å²) >= 11 is 0. The highest BCUT2D eigenvalue weighted by Gasteiger charge is 2.01. The second-order valence-corrected chi connectivity index (χ2v) is 5.55. The average Bonchev–Trinajstić information content (AvgIpc) is 2.39. The maximum atomic E-state index is 11.4. The van der Waals surface area contributed by atoms with E-state index in [1.165, 1.54) is 25.7 Å². The van der Waals surface area contributed by atoms with Crippen molar-refractivity contribution < 1.29 is 9.59 Å². The molecule has 0 spiro atoms. The highest BCUT2D eigenvalue weighted by molar-refractivity contribution is 5.78. The third-order valence-corrected chi connectivity index (χ3v) is 3.50. The minimum Gasteiger partial charge on any atom is -0.300 e. The normalized spacial score (nSPS) is 10.6. The lowest BCUT2D eigenvalue weighted by molar-refractivity contribution is -0.120. The highest BCUT2D eigenvalue weighted by Crippen LogP contribution is 2.11. The van der Waals surface area contributed by atoms with Crippen molar-refractivity contribution >= 4 is 11.6 Å². The molecule has 0 atom stereocenters. The van der Waals surface area contributed by atoms with Crippen molar-refractivity contribution in [3.05, 3.63) is 0 Å². The second-order valence-electron chi connectivity index (χ2n) is 5.55. The van der Waals surface area contributed by atoms with E-state index in [0.717, 1.165) is 57.8 Å². The van der Waals surface area contributed by atoms with E-state index in [2.05, 4.69) is 13.8 Å². The van der Waals surface area contributed by atoms with Crippen molar-refractivity contribution in [3.63, 3.8) is 0 Å². The number of carbonyl (C=O) groups is 2. The number of carbonyl (C=O) groups excluding carboxylic acids is 2. The zero-order chi connectivity index (χ0) is 14.3. The zero-order valence-corrected chi connectivity index (χ0v) is 13.0. The van der Waals surface area contributed by atoms with Gasteiger partial charge in [0.1, 0.15) is 11.6 Å². The molecule has 0 aromatic heterocycles. The summed E-state index contributed by atoms with van der Waals surface area (Å²) in [5.74, 6) is 0.857. The molecule has 0 aromatic carbocycles. The summed E-state index contributed by atoms with van der Waals surface area (Å²) < 4.78 is 0. The third kappa shape index (κ3) is 13.6. The Kier molecular flexibility index (Phi) is 13.3. The van der Waals surface area contributed by atoms with Crippen LogP contribution in [0.15, 0.2) is 0 Å². The monoisotopic (exact) mass is 268 g/mol. The van der Waals surface area contributed by atoms with E-state index < -0.39 is 0 Å². The van der Waals surface area contributed by atoms with Gasteiger partial charge in [-0.05, 0) is 25.7 Å². The first-order valence-corrected chi connectivity index (χ1v) is 8.24. The van der Waals surface area contributed by atoms with Crippen molar-refractivity contribution in [2.45, 2.75) is 97.3 Å². The minimum atomic E-state index is 0.420. The summed E-state index contributed by atoms with van der Waals surface area (Å²) in [5.41, 5.74) is 0. The third-order valence-electron chi connectivity index (χ3n) is 3.50. The molecule has 2 heteroatoms. The maximum Gasteiger partial charge on any atom is 0.132 e. The molecular formula is C17H32O2. The van der Waals surface area contributed by atoms with Crippen molar-refractivity contribution in [2.24, 2.45) is 0 Å².